The summed E-state index contributed by atoms with van der Waals surface area (Å²) in [5.74, 6) is 0.917. The summed E-state index contributed by atoms with van der Waals surface area (Å²) in [5.41, 5.74) is 2.65. The van der Waals surface area contributed by atoms with E-state index in [9.17, 15) is 10.2 Å². The van der Waals surface area contributed by atoms with Gasteiger partial charge in [0.1, 0.15) is 11.4 Å². The van der Waals surface area contributed by atoms with E-state index in [4.69, 9.17) is 9.47 Å². The summed E-state index contributed by atoms with van der Waals surface area (Å²) in [7, 11) is 3.08. The molecule has 0 unspecified atom stereocenters. The molecule has 1 aromatic carbocycles. The molecule has 2 N–H and O–H groups in total. The highest BCUT2D eigenvalue weighted by atomic mass is 16.5. The third-order valence-corrected chi connectivity index (χ3v) is 6.80. The van der Waals surface area contributed by atoms with Crippen LogP contribution in [0.15, 0.2) is 18.3 Å². The van der Waals surface area contributed by atoms with Crippen molar-refractivity contribution in [2.45, 2.75) is 45.3 Å². The number of aliphatic hydroxyl groups is 1. The van der Waals surface area contributed by atoms with Crippen LogP contribution in [-0.4, -0.2) is 52.4 Å². The summed E-state index contributed by atoms with van der Waals surface area (Å²) in [6.07, 6.45) is 4.68. The van der Waals surface area contributed by atoms with Gasteiger partial charge in [0.25, 0.3) is 0 Å². The van der Waals surface area contributed by atoms with E-state index in [1.54, 1.807) is 13.3 Å². The number of ether oxygens (including phenoxy) is 2. The smallest absolute Gasteiger partial charge is 0.319 e. The number of rotatable bonds is 5. The monoisotopic (exact) mass is 413 g/mol. The van der Waals surface area contributed by atoms with Crippen molar-refractivity contribution < 1.29 is 19.7 Å². The number of nitrogens with zero attached hydrogens (tertiary/aromatic N) is 3. The highest BCUT2D eigenvalue weighted by Gasteiger charge is 2.53. The van der Waals surface area contributed by atoms with Gasteiger partial charge in [0.2, 0.25) is 5.88 Å². The fourth-order valence-electron chi connectivity index (χ4n) is 5.39. The minimum Gasteiger partial charge on any atom is -0.507 e. The molecule has 1 saturated carbocycles. The summed E-state index contributed by atoms with van der Waals surface area (Å²) < 4.78 is 10.6. The summed E-state index contributed by atoms with van der Waals surface area (Å²) >= 11 is 0. The standard InChI is InChI=1S/C23H31N3O4/c1-14-8-16(9-15(2)20(14)27)11-26-12-17-6-5-7-18(13-26)23(17,28)19-10-24-22(30-4)25-21(19)29-3/h8-10,17-18,27-28H,5-7,11-13H2,1-4H3/t17-,18-/m0/s1. The van der Waals surface area contributed by atoms with E-state index < -0.39 is 5.60 Å². The molecule has 1 aliphatic carbocycles. The van der Waals surface area contributed by atoms with E-state index >= 15 is 0 Å². The van der Waals surface area contributed by atoms with E-state index in [0.717, 1.165) is 50.0 Å². The van der Waals surface area contributed by atoms with Crippen molar-refractivity contribution in [2.75, 3.05) is 27.3 Å². The summed E-state index contributed by atoms with van der Waals surface area (Å²) in [4.78, 5) is 11.0. The van der Waals surface area contributed by atoms with Crippen LogP contribution in [0.5, 0.6) is 17.6 Å². The molecule has 30 heavy (non-hydrogen) atoms. The summed E-state index contributed by atoms with van der Waals surface area (Å²) in [6, 6.07) is 4.35. The molecule has 2 atom stereocenters. The maximum Gasteiger partial charge on any atom is 0.319 e. The maximum atomic E-state index is 11.9. The molecule has 0 amide bonds. The number of aromatic hydroxyl groups is 1. The first-order chi connectivity index (χ1) is 14.4. The van der Waals surface area contributed by atoms with Crippen molar-refractivity contribution >= 4 is 0 Å². The number of aromatic nitrogens is 2. The Bertz CT molecular complexity index is 896. The zero-order valence-corrected chi connectivity index (χ0v) is 18.2. The van der Waals surface area contributed by atoms with Gasteiger partial charge in [0.15, 0.2) is 0 Å². The average molecular weight is 414 g/mol. The minimum atomic E-state index is -1.01. The zero-order valence-electron chi connectivity index (χ0n) is 18.2. The van der Waals surface area contributed by atoms with Crippen LogP contribution in [0.4, 0.5) is 0 Å². The predicted molar refractivity (Wildman–Crippen MR) is 113 cm³/mol. The number of phenolic OH excluding ortho intramolecular Hbond substituents is 1. The van der Waals surface area contributed by atoms with Crippen molar-refractivity contribution in [3.8, 4) is 17.6 Å². The molecule has 1 saturated heterocycles. The van der Waals surface area contributed by atoms with E-state index in [2.05, 4.69) is 27.0 Å². The lowest BCUT2D eigenvalue weighted by Gasteiger charge is -2.53. The van der Waals surface area contributed by atoms with Crippen molar-refractivity contribution in [1.29, 1.82) is 0 Å². The molecule has 4 rings (SSSR count). The summed E-state index contributed by atoms with van der Waals surface area (Å²) in [6.45, 7) is 6.26. The number of benzene rings is 1. The zero-order chi connectivity index (χ0) is 21.5. The lowest BCUT2D eigenvalue weighted by Crippen LogP contribution is -2.58. The Balaban J connectivity index is 1.61. The molecular weight excluding hydrogens is 382 g/mol. The molecule has 0 radical (unpaired) electrons. The first-order valence-electron chi connectivity index (χ1n) is 10.6. The van der Waals surface area contributed by atoms with Gasteiger partial charge < -0.3 is 19.7 Å². The quantitative estimate of drug-likeness (QED) is 0.779. The van der Waals surface area contributed by atoms with Gasteiger partial charge >= 0.3 is 6.01 Å². The third-order valence-electron chi connectivity index (χ3n) is 6.80. The molecule has 7 nitrogen and oxygen atoms in total. The van der Waals surface area contributed by atoms with E-state index in [0.29, 0.717) is 17.2 Å². The highest BCUT2D eigenvalue weighted by molar-refractivity contribution is 5.42. The molecule has 2 heterocycles. The van der Waals surface area contributed by atoms with Crippen LogP contribution >= 0.6 is 0 Å². The minimum absolute atomic E-state index is 0.0789. The molecule has 7 heteroatoms. The number of piperidine rings is 1. The molecule has 2 bridgehead atoms. The Morgan fingerprint density at radius 1 is 1.10 bits per heavy atom. The van der Waals surface area contributed by atoms with Crippen LogP contribution in [0.2, 0.25) is 0 Å². The van der Waals surface area contributed by atoms with Gasteiger partial charge in [0, 0.05) is 37.7 Å². The fraction of sp³-hybridized carbons (Fsp3) is 0.565. The van der Waals surface area contributed by atoms with Crippen molar-refractivity contribution in [1.82, 2.24) is 14.9 Å². The van der Waals surface area contributed by atoms with Gasteiger partial charge in [0.05, 0.1) is 19.8 Å². The number of aryl methyl sites for hydroxylation is 2. The Kier molecular flexibility index (Phi) is 5.59. The molecule has 2 aliphatic rings. The van der Waals surface area contributed by atoms with Gasteiger partial charge in [-0.2, -0.15) is 4.98 Å². The lowest BCUT2D eigenvalue weighted by molar-refractivity contribution is -0.149. The SMILES string of the molecule is COc1ncc(C2(O)[C@H]3CCC[C@H]2CN(Cc2cc(C)c(O)c(C)c2)C3)c(OC)n1. The van der Waals surface area contributed by atoms with Crippen LogP contribution < -0.4 is 9.47 Å². The van der Waals surface area contributed by atoms with Crippen LogP contribution in [0.1, 0.15) is 41.5 Å². The van der Waals surface area contributed by atoms with Crippen molar-refractivity contribution in [3.63, 3.8) is 0 Å². The van der Waals surface area contributed by atoms with E-state index in [1.165, 1.54) is 12.7 Å². The maximum absolute atomic E-state index is 11.9. The van der Waals surface area contributed by atoms with Crippen molar-refractivity contribution in [2.24, 2.45) is 11.8 Å². The number of methoxy groups -OCH3 is 2. The number of hydrogen-bond donors (Lipinski definition) is 2. The largest absolute Gasteiger partial charge is 0.507 e. The molecule has 0 spiro atoms. The average Bonchev–Trinajstić information content (AvgIpc) is 2.72. The third kappa shape index (κ3) is 3.50. The Morgan fingerprint density at radius 2 is 1.73 bits per heavy atom. The summed E-state index contributed by atoms with van der Waals surface area (Å²) in [5, 5.41) is 22.0. The molecule has 162 valence electrons. The van der Waals surface area contributed by atoms with Crippen LogP contribution in [0.25, 0.3) is 0 Å². The number of phenols is 1. The topological polar surface area (TPSA) is 87.9 Å². The lowest BCUT2D eigenvalue weighted by atomic mass is 9.63. The first kappa shape index (κ1) is 20.9. The van der Waals surface area contributed by atoms with Crippen molar-refractivity contribution in [3.05, 3.63) is 40.6 Å². The second kappa shape index (κ2) is 8.04. The number of hydrogen-bond acceptors (Lipinski definition) is 7. The van der Waals surface area contributed by atoms with Crippen LogP contribution in [0, 0.1) is 25.7 Å². The Labute approximate surface area is 177 Å². The number of likely N-dealkylation sites (tertiary alicyclic amines) is 1. The molecular formula is C23H31N3O4. The Hall–Kier alpha value is -2.38. The van der Waals surface area contributed by atoms with Crippen LogP contribution in [-0.2, 0) is 12.1 Å². The van der Waals surface area contributed by atoms with E-state index in [-0.39, 0.29) is 17.8 Å². The fourth-order valence-corrected chi connectivity index (χ4v) is 5.39. The van der Waals surface area contributed by atoms with Gasteiger partial charge in [-0.15, -0.1) is 0 Å². The van der Waals surface area contributed by atoms with Gasteiger partial charge in [-0.1, -0.05) is 18.6 Å². The molecule has 1 aromatic heterocycles. The highest BCUT2D eigenvalue weighted by Crippen LogP contribution is 2.51. The molecule has 2 fully saturated rings. The molecule has 1 aliphatic heterocycles. The number of fused-ring (bicyclic) bond motifs is 2. The Morgan fingerprint density at radius 3 is 2.30 bits per heavy atom. The van der Waals surface area contributed by atoms with Crippen LogP contribution in [0.3, 0.4) is 0 Å². The van der Waals surface area contributed by atoms with E-state index in [1.807, 2.05) is 13.8 Å². The second-order valence-corrected chi connectivity index (χ2v) is 8.70. The molecule has 2 aromatic rings. The van der Waals surface area contributed by atoms with Gasteiger partial charge in [-0.3, -0.25) is 4.90 Å². The van der Waals surface area contributed by atoms with Gasteiger partial charge in [-0.05, 0) is 43.4 Å². The normalized spacial score (nSPS) is 26.4. The predicted octanol–water partition coefficient (Wildman–Crippen LogP) is 2.94. The first-order valence-corrected chi connectivity index (χ1v) is 10.6. The van der Waals surface area contributed by atoms with Gasteiger partial charge in [-0.25, -0.2) is 4.98 Å². The second-order valence-electron chi connectivity index (χ2n) is 8.70.